The van der Waals surface area contributed by atoms with Crippen molar-refractivity contribution in [3.8, 4) is 0 Å². The van der Waals surface area contributed by atoms with E-state index in [9.17, 15) is 8.42 Å². The maximum Gasteiger partial charge on any atom is 0.250 e. The highest BCUT2D eigenvalue weighted by Crippen LogP contribution is 2.25. The molecule has 0 radical (unpaired) electrons. The normalized spacial score (nSPS) is 11.9. The van der Waals surface area contributed by atoms with E-state index in [-0.39, 0.29) is 10.8 Å². The predicted molar refractivity (Wildman–Crippen MR) is 70.1 cm³/mol. The van der Waals surface area contributed by atoms with Crippen LogP contribution >= 0.6 is 22.9 Å². The van der Waals surface area contributed by atoms with Gasteiger partial charge in [0.1, 0.15) is 4.21 Å². The van der Waals surface area contributed by atoms with E-state index in [0.29, 0.717) is 10.9 Å². The van der Waals surface area contributed by atoms with Gasteiger partial charge in [-0.1, -0.05) is 24.4 Å². The zero-order chi connectivity index (χ0) is 12.7. The Kier molecular flexibility index (Phi) is 6.43. The zero-order valence-corrected chi connectivity index (χ0v) is 11.7. The average Bonchev–Trinajstić information content (AvgIpc) is 2.71. The van der Waals surface area contributed by atoms with Gasteiger partial charge in [-0.15, -0.1) is 11.3 Å². The summed E-state index contributed by atoms with van der Waals surface area (Å²) in [6.07, 6.45) is 3.38. The Morgan fingerprint density at radius 2 is 1.94 bits per heavy atom. The molecule has 17 heavy (non-hydrogen) atoms. The lowest BCUT2D eigenvalue weighted by Gasteiger charge is -2.04. The van der Waals surface area contributed by atoms with Gasteiger partial charge in [0.2, 0.25) is 10.0 Å². The fraction of sp³-hybridized carbons (Fsp3) is 0.600. The molecule has 0 spiro atoms. The van der Waals surface area contributed by atoms with Gasteiger partial charge < -0.3 is 5.11 Å². The lowest BCUT2D eigenvalue weighted by atomic mass is 10.2. The monoisotopic (exact) mass is 297 g/mol. The molecular weight excluding hydrogens is 282 g/mol. The standard InChI is InChI=1S/C10H16ClNO3S2/c11-9-5-6-10(16-9)17(14,15)12-7-3-1-2-4-8-13/h5-6,12-13H,1-4,7-8H2. The van der Waals surface area contributed by atoms with Crippen LogP contribution in [0.15, 0.2) is 16.3 Å². The van der Waals surface area contributed by atoms with Crippen LogP contribution in [0.25, 0.3) is 0 Å². The number of rotatable bonds is 8. The van der Waals surface area contributed by atoms with E-state index in [4.69, 9.17) is 16.7 Å². The molecule has 1 aromatic rings. The Bertz CT molecular complexity index is 431. The number of hydrogen-bond acceptors (Lipinski definition) is 4. The van der Waals surface area contributed by atoms with Crippen LogP contribution in [0.4, 0.5) is 0 Å². The third-order valence-corrected chi connectivity index (χ3v) is 5.37. The molecule has 0 bridgehead atoms. The molecule has 0 aromatic carbocycles. The summed E-state index contributed by atoms with van der Waals surface area (Å²) in [4.78, 5) is 0. The minimum atomic E-state index is -3.40. The number of aliphatic hydroxyl groups excluding tert-OH is 1. The zero-order valence-electron chi connectivity index (χ0n) is 9.36. The van der Waals surface area contributed by atoms with Crippen LogP contribution in [-0.4, -0.2) is 26.7 Å². The summed E-state index contributed by atoms with van der Waals surface area (Å²) >= 11 is 6.74. The molecule has 2 N–H and O–H groups in total. The van der Waals surface area contributed by atoms with Crippen molar-refractivity contribution < 1.29 is 13.5 Å². The summed E-state index contributed by atoms with van der Waals surface area (Å²) < 4.78 is 26.7. The molecule has 4 nitrogen and oxygen atoms in total. The highest BCUT2D eigenvalue weighted by atomic mass is 35.5. The van der Waals surface area contributed by atoms with E-state index in [2.05, 4.69) is 4.72 Å². The Balaban J connectivity index is 2.31. The smallest absolute Gasteiger partial charge is 0.250 e. The van der Waals surface area contributed by atoms with Gasteiger partial charge in [0, 0.05) is 13.2 Å². The Hall–Kier alpha value is -0.140. The summed E-state index contributed by atoms with van der Waals surface area (Å²) in [5, 5.41) is 8.58. The summed E-state index contributed by atoms with van der Waals surface area (Å²) in [7, 11) is -3.40. The maximum absolute atomic E-state index is 11.7. The van der Waals surface area contributed by atoms with Gasteiger partial charge >= 0.3 is 0 Å². The quantitative estimate of drug-likeness (QED) is 0.723. The lowest BCUT2D eigenvalue weighted by molar-refractivity contribution is 0.282. The van der Waals surface area contributed by atoms with E-state index >= 15 is 0 Å². The average molecular weight is 298 g/mol. The molecule has 0 fully saturated rings. The Morgan fingerprint density at radius 1 is 1.24 bits per heavy atom. The summed E-state index contributed by atoms with van der Waals surface area (Å²) in [6, 6.07) is 3.07. The summed E-state index contributed by atoms with van der Waals surface area (Å²) in [5.41, 5.74) is 0. The molecular formula is C10H16ClNO3S2. The van der Waals surface area contributed by atoms with Gasteiger partial charge in [-0.2, -0.15) is 0 Å². The SMILES string of the molecule is O=S(=O)(NCCCCCCO)c1ccc(Cl)s1. The molecule has 1 rings (SSSR count). The highest BCUT2D eigenvalue weighted by molar-refractivity contribution is 7.91. The van der Waals surface area contributed by atoms with Crippen molar-refractivity contribution in [1.29, 1.82) is 0 Å². The first-order valence-corrected chi connectivity index (χ1v) is 8.10. The van der Waals surface area contributed by atoms with Gasteiger partial charge in [0.05, 0.1) is 4.34 Å². The lowest BCUT2D eigenvalue weighted by Crippen LogP contribution is -2.23. The molecule has 1 heterocycles. The van der Waals surface area contributed by atoms with Crippen LogP contribution in [0, 0.1) is 0 Å². The van der Waals surface area contributed by atoms with Crippen molar-refractivity contribution in [1.82, 2.24) is 4.72 Å². The third-order valence-electron chi connectivity index (χ3n) is 2.19. The van der Waals surface area contributed by atoms with E-state index in [1.54, 1.807) is 6.07 Å². The van der Waals surface area contributed by atoms with Gasteiger partial charge in [0.15, 0.2) is 0 Å². The van der Waals surface area contributed by atoms with Gasteiger partial charge in [-0.3, -0.25) is 0 Å². The molecule has 0 atom stereocenters. The number of unbranched alkanes of at least 4 members (excludes halogenated alkanes) is 3. The number of thiophene rings is 1. The Labute approximate surface area is 111 Å². The molecule has 7 heteroatoms. The summed E-state index contributed by atoms with van der Waals surface area (Å²) in [6.45, 7) is 0.614. The number of sulfonamides is 1. The van der Waals surface area contributed by atoms with Crippen LogP contribution < -0.4 is 4.72 Å². The second kappa shape index (κ2) is 7.33. The second-order valence-electron chi connectivity index (χ2n) is 3.59. The van der Waals surface area contributed by atoms with Crippen molar-refractivity contribution in [2.75, 3.05) is 13.2 Å². The van der Waals surface area contributed by atoms with Crippen molar-refractivity contribution in [2.24, 2.45) is 0 Å². The van der Waals surface area contributed by atoms with E-state index < -0.39 is 10.0 Å². The number of nitrogens with one attached hydrogen (secondary N) is 1. The molecule has 0 saturated heterocycles. The molecule has 0 amide bonds. The second-order valence-corrected chi connectivity index (χ2v) is 7.30. The van der Waals surface area contributed by atoms with Crippen molar-refractivity contribution >= 4 is 33.0 Å². The van der Waals surface area contributed by atoms with Gasteiger partial charge in [-0.25, -0.2) is 13.1 Å². The van der Waals surface area contributed by atoms with Gasteiger partial charge in [-0.05, 0) is 25.0 Å². The minimum absolute atomic E-state index is 0.194. The van der Waals surface area contributed by atoms with Crippen LogP contribution in [0.3, 0.4) is 0 Å². The van der Waals surface area contributed by atoms with E-state index in [1.165, 1.54) is 6.07 Å². The largest absolute Gasteiger partial charge is 0.396 e. The molecule has 0 aliphatic heterocycles. The van der Waals surface area contributed by atoms with E-state index in [0.717, 1.165) is 37.0 Å². The van der Waals surface area contributed by atoms with Crippen molar-refractivity contribution in [2.45, 2.75) is 29.9 Å². The molecule has 0 unspecified atom stereocenters. The third kappa shape index (κ3) is 5.35. The fourth-order valence-electron chi connectivity index (χ4n) is 1.31. The van der Waals surface area contributed by atoms with Crippen molar-refractivity contribution in [3.63, 3.8) is 0 Å². The van der Waals surface area contributed by atoms with Crippen LogP contribution in [-0.2, 0) is 10.0 Å². The molecule has 0 aliphatic carbocycles. The first kappa shape index (κ1) is 14.9. The van der Waals surface area contributed by atoms with E-state index in [1.807, 2.05) is 0 Å². The van der Waals surface area contributed by atoms with Gasteiger partial charge in [0.25, 0.3) is 0 Å². The minimum Gasteiger partial charge on any atom is -0.396 e. The maximum atomic E-state index is 11.7. The van der Waals surface area contributed by atoms with Crippen LogP contribution in [0.2, 0.25) is 4.34 Å². The fourth-order valence-corrected chi connectivity index (χ4v) is 3.91. The van der Waals surface area contributed by atoms with Crippen molar-refractivity contribution in [3.05, 3.63) is 16.5 Å². The Morgan fingerprint density at radius 3 is 2.53 bits per heavy atom. The van der Waals surface area contributed by atoms with Crippen LogP contribution in [0.1, 0.15) is 25.7 Å². The number of hydrogen-bond donors (Lipinski definition) is 2. The first-order valence-electron chi connectivity index (χ1n) is 5.42. The number of halogens is 1. The topological polar surface area (TPSA) is 66.4 Å². The molecule has 0 aliphatic rings. The highest BCUT2D eigenvalue weighted by Gasteiger charge is 2.15. The summed E-state index contributed by atoms with van der Waals surface area (Å²) in [5.74, 6) is 0. The van der Waals surface area contributed by atoms with Crippen LogP contribution in [0.5, 0.6) is 0 Å². The molecule has 0 saturated carbocycles. The number of aliphatic hydroxyl groups is 1. The predicted octanol–water partition coefficient (Wildman–Crippen LogP) is 2.23. The molecule has 1 aromatic heterocycles. The first-order chi connectivity index (χ1) is 8.06. The molecule has 98 valence electrons.